The summed E-state index contributed by atoms with van der Waals surface area (Å²) in [5.74, 6) is 0. The van der Waals surface area contributed by atoms with Gasteiger partial charge in [0.15, 0.2) is 0 Å². The van der Waals surface area contributed by atoms with Gasteiger partial charge in [0.05, 0.1) is 0 Å². The summed E-state index contributed by atoms with van der Waals surface area (Å²) in [5, 5.41) is 0.148. The number of rotatable bonds is 19. The van der Waals surface area contributed by atoms with Gasteiger partial charge >= 0.3 is 8.56 Å². The molecule has 0 aromatic carbocycles. The molecule has 0 aromatic heterocycles. The molecule has 2 nitrogen and oxygen atoms in total. The van der Waals surface area contributed by atoms with E-state index in [0.717, 1.165) is 19.3 Å². The van der Waals surface area contributed by atoms with Gasteiger partial charge in [0.25, 0.3) is 0 Å². The fourth-order valence-corrected chi connectivity index (χ4v) is 7.65. The first-order valence-corrected chi connectivity index (χ1v) is 14.2. The highest BCUT2D eigenvalue weighted by molar-refractivity contribution is 6.70. The molecule has 0 rings (SSSR count). The summed E-state index contributed by atoms with van der Waals surface area (Å²) in [6, 6.07) is 1.15. The van der Waals surface area contributed by atoms with Gasteiger partial charge in [-0.05, 0) is 19.9 Å². The van der Waals surface area contributed by atoms with E-state index in [2.05, 4.69) is 41.5 Å². The minimum Gasteiger partial charge on any atom is -0.394 e. The second-order valence-corrected chi connectivity index (χ2v) is 13.3. The van der Waals surface area contributed by atoms with Gasteiger partial charge in [0.2, 0.25) is 0 Å². The van der Waals surface area contributed by atoms with Gasteiger partial charge in [-0.2, -0.15) is 0 Å². The first-order chi connectivity index (χ1) is 12.9. The molecule has 0 aliphatic rings. The van der Waals surface area contributed by atoms with Crippen LogP contribution in [0.1, 0.15) is 131 Å². The topological polar surface area (TPSA) is 18.5 Å². The van der Waals surface area contributed by atoms with Gasteiger partial charge in [-0.25, -0.2) is 0 Å². The maximum atomic E-state index is 6.26. The summed E-state index contributed by atoms with van der Waals surface area (Å²) in [7, 11) is -2.10. The molecule has 0 atom stereocenters. The Hall–Kier alpha value is 0.137. The van der Waals surface area contributed by atoms with Crippen molar-refractivity contribution in [3.05, 3.63) is 0 Å². The smallest absolute Gasteiger partial charge is 0.343 e. The first-order valence-electron chi connectivity index (χ1n) is 12.2. The van der Waals surface area contributed by atoms with Gasteiger partial charge < -0.3 is 8.85 Å². The van der Waals surface area contributed by atoms with Crippen molar-refractivity contribution in [2.24, 2.45) is 0 Å². The van der Waals surface area contributed by atoms with Crippen LogP contribution in [0.15, 0.2) is 0 Å². The summed E-state index contributed by atoms with van der Waals surface area (Å²) in [6.45, 7) is 15.0. The van der Waals surface area contributed by atoms with E-state index in [0.29, 0.717) is 0 Å². The molecule has 27 heavy (non-hydrogen) atoms. The molecular formula is C24H52O2Si. The molecule has 0 heterocycles. The van der Waals surface area contributed by atoms with Gasteiger partial charge in [-0.3, -0.25) is 0 Å². The van der Waals surface area contributed by atoms with Crippen molar-refractivity contribution in [1.29, 1.82) is 0 Å². The van der Waals surface area contributed by atoms with Crippen LogP contribution in [0.2, 0.25) is 11.1 Å². The van der Waals surface area contributed by atoms with Crippen LogP contribution in [0.25, 0.3) is 0 Å². The molecule has 0 bridgehead atoms. The van der Waals surface area contributed by atoms with E-state index in [-0.39, 0.29) is 5.04 Å². The van der Waals surface area contributed by atoms with Crippen LogP contribution in [0, 0.1) is 0 Å². The number of unbranched alkanes of at least 4 members (excludes halogenated alkanes) is 13. The summed E-state index contributed by atoms with van der Waals surface area (Å²) >= 11 is 0. The molecule has 0 unspecified atom stereocenters. The first kappa shape index (κ1) is 27.1. The lowest BCUT2D eigenvalue weighted by molar-refractivity contribution is 0.159. The summed E-state index contributed by atoms with van der Waals surface area (Å²) in [6.07, 6.45) is 19.7. The molecule has 0 saturated heterocycles. The van der Waals surface area contributed by atoms with Crippen molar-refractivity contribution in [3.63, 3.8) is 0 Å². The standard InChI is InChI=1S/C24H52O2Si/c1-7-10-11-12-13-14-15-16-17-18-19-20-21-22-23-27(25-8-2,26-9-3)24(4,5)6/h7-23H2,1-6H3. The third-order valence-electron chi connectivity index (χ3n) is 5.76. The summed E-state index contributed by atoms with van der Waals surface area (Å²) < 4.78 is 12.5. The highest BCUT2D eigenvalue weighted by atomic mass is 28.4. The van der Waals surface area contributed by atoms with Crippen LogP contribution in [0.4, 0.5) is 0 Å². The zero-order valence-electron chi connectivity index (χ0n) is 19.8. The Morgan fingerprint density at radius 1 is 0.519 bits per heavy atom. The monoisotopic (exact) mass is 400 g/mol. The van der Waals surface area contributed by atoms with Crippen molar-refractivity contribution in [3.8, 4) is 0 Å². The van der Waals surface area contributed by atoms with Crippen LogP contribution in [0.3, 0.4) is 0 Å². The molecule has 0 saturated carbocycles. The molecule has 0 N–H and O–H groups in total. The molecule has 0 aromatic rings. The Morgan fingerprint density at radius 3 is 1.15 bits per heavy atom. The predicted octanol–water partition coefficient (Wildman–Crippen LogP) is 8.78. The van der Waals surface area contributed by atoms with E-state index in [1.165, 1.54) is 89.9 Å². The van der Waals surface area contributed by atoms with Gasteiger partial charge in [-0.15, -0.1) is 0 Å². The van der Waals surface area contributed by atoms with E-state index in [1.54, 1.807) is 0 Å². The lowest BCUT2D eigenvalue weighted by Gasteiger charge is -2.40. The van der Waals surface area contributed by atoms with Crippen LogP contribution in [-0.2, 0) is 8.85 Å². The van der Waals surface area contributed by atoms with Crippen molar-refractivity contribution in [2.75, 3.05) is 13.2 Å². The van der Waals surface area contributed by atoms with E-state index < -0.39 is 8.56 Å². The predicted molar refractivity (Wildman–Crippen MR) is 124 cm³/mol. The lowest BCUT2D eigenvalue weighted by Crippen LogP contribution is -2.50. The molecule has 164 valence electrons. The summed E-state index contributed by atoms with van der Waals surface area (Å²) in [5.41, 5.74) is 0. The number of hydrogen-bond donors (Lipinski definition) is 0. The maximum absolute atomic E-state index is 6.26. The molecule has 0 spiro atoms. The molecule has 0 aliphatic heterocycles. The third-order valence-corrected chi connectivity index (χ3v) is 10.6. The normalized spacial score (nSPS) is 12.7. The van der Waals surface area contributed by atoms with Crippen LogP contribution >= 0.6 is 0 Å². The minimum absolute atomic E-state index is 0.148. The third kappa shape index (κ3) is 13.1. The fraction of sp³-hybridized carbons (Fsp3) is 1.00. The maximum Gasteiger partial charge on any atom is 0.343 e. The highest BCUT2D eigenvalue weighted by Crippen LogP contribution is 2.41. The molecule has 0 amide bonds. The SMILES string of the molecule is CCCCCCCCCCCCCCCC[Si](OCC)(OCC)C(C)(C)C. The largest absolute Gasteiger partial charge is 0.394 e. The van der Waals surface area contributed by atoms with Crippen LogP contribution in [0.5, 0.6) is 0 Å². The van der Waals surface area contributed by atoms with Crippen molar-refractivity contribution in [1.82, 2.24) is 0 Å². The highest BCUT2D eigenvalue weighted by Gasteiger charge is 2.48. The second-order valence-electron chi connectivity index (χ2n) is 9.22. The average molecular weight is 401 g/mol. The van der Waals surface area contributed by atoms with E-state index in [4.69, 9.17) is 8.85 Å². The Balaban J connectivity index is 3.71. The van der Waals surface area contributed by atoms with Crippen LogP contribution < -0.4 is 0 Å². The Labute approximate surface area is 173 Å². The van der Waals surface area contributed by atoms with Crippen LogP contribution in [-0.4, -0.2) is 21.8 Å². The second kappa shape index (κ2) is 17.0. The van der Waals surface area contributed by atoms with E-state index >= 15 is 0 Å². The Bertz CT molecular complexity index is 306. The zero-order chi connectivity index (χ0) is 20.4. The Kier molecular flexibility index (Phi) is 17.1. The molecule has 3 heteroatoms. The number of hydrogen-bond acceptors (Lipinski definition) is 2. The molecule has 0 radical (unpaired) electrons. The van der Waals surface area contributed by atoms with Gasteiger partial charge in [0.1, 0.15) is 0 Å². The molecular weight excluding hydrogens is 348 g/mol. The minimum atomic E-state index is -2.10. The van der Waals surface area contributed by atoms with E-state index in [1.807, 2.05) is 0 Å². The molecule has 0 fully saturated rings. The Morgan fingerprint density at radius 2 is 0.852 bits per heavy atom. The van der Waals surface area contributed by atoms with Gasteiger partial charge in [0, 0.05) is 18.3 Å². The fourth-order valence-electron chi connectivity index (χ4n) is 4.01. The average Bonchev–Trinajstić information content (AvgIpc) is 2.61. The van der Waals surface area contributed by atoms with Crippen molar-refractivity contribution in [2.45, 2.75) is 143 Å². The lowest BCUT2D eigenvalue weighted by atomic mass is 10.0. The van der Waals surface area contributed by atoms with E-state index in [9.17, 15) is 0 Å². The van der Waals surface area contributed by atoms with Crippen molar-refractivity contribution >= 4 is 8.56 Å². The van der Waals surface area contributed by atoms with Crippen molar-refractivity contribution < 1.29 is 8.85 Å². The quantitative estimate of drug-likeness (QED) is 0.159. The van der Waals surface area contributed by atoms with Gasteiger partial charge in [-0.1, -0.05) is 118 Å². The molecule has 0 aliphatic carbocycles. The zero-order valence-corrected chi connectivity index (χ0v) is 20.8. The summed E-state index contributed by atoms with van der Waals surface area (Å²) in [4.78, 5) is 0.